The smallest absolute Gasteiger partial charge is 0.248 e. The van der Waals surface area contributed by atoms with Crippen molar-refractivity contribution >= 4 is 23.4 Å². The van der Waals surface area contributed by atoms with E-state index in [1.165, 1.54) is 0 Å². The third-order valence-corrected chi connectivity index (χ3v) is 6.89. The summed E-state index contributed by atoms with van der Waals surface area (Å²) in [7, 11) is 0. The Morgan fingerprint density at radius 1 is 1.06 bits per heavy atom. The van der Waals surface area contributed by atoms with Crippen LogP contribution >= 0.6 is 11.6 Å². The van der Waals surface area contributed by atoms with E-state index in [2.05, 4.69) is 15.3 Å². The summed E-state index contributed by atoms with van der Waals surface area (Å²) in [5.74, 6) is 0.626. The molecular formula is C26H30ClN5O2. The van der Waals surface area contributed by atoms with Crippen molar-refractivity contribution < 1.29 is 9.59 Å². The van der Waals surface area contributed by atoms with E-state index in [1.54, 1.807) is 24.3 Å². The van der Waals surface area contributed by atoms with Crippen LogP contribution in [0, 0.1) is 11.8 Å². The largest absolute Gasteiger partial charge is 0.366 e. The number of rotatable bonds is 8. The summed E-state index contributed by atoms with van der Waals surface area (Å²) in [6.07, 6.45) is 4.24. The van der Waals surface area contributed by atoms with E-state index in [0.717, 1.165) is 36.8 Å². The first-order chi connectivity index (χ1) is 16.4. The molecule has 1 aromatic heterocycles. The number of halogens is 1. The molecular weight excluding hydrogens is 450 g/mol. The zero-order valence-corrected chi connectivity index (χ0v) is 19.7. The van der Waals surface area contributed by atoms with Crippen LogP contribution < -0.4 is 16.8 Å². The maximum atomic E-state index is 13.2. The highest BCUT2D eigenvalue weighted by molar-refractivity contribution is 6.31. The average Bonchev–Trinajstić information content (AvgIpc) is 3.25. The molecule has 1 atom stereocenters. The maximum absolute atomic E-state index is 13.2. The van der Waals surface area contributed by atoms with Crippen LogP contribution in [0.15, 0.2) is 54.6 Å². The van der Waals surface area contributed by atoms with Gasteiger partial charge in [-0.15, -0.1) is 0 Å². The topological polar surface area (TPSA) is 127 Å². The van der Waals surface area contributed by atoms with Gasteiger partial charge in [0.1, 0.15) is 5.82 Å². The van der Waals surface area contributed by atoms with Crippen molar-refractivity contribution in [2.75, 3.05) is 6.54 Å². The number of imidazole rings is 1. The van der Waals surface area contributed by atoms with Crippen molar-refractivity contribution in [2.24, 2.45) is 23.3 Å². The van der Waals surface area contributed by atoms with Gasteiger partial charge >= 0.3 is 0 Å². The van der Waals surface area contributed by atoms with Crippen LogP contribution in [0.5, 0.6) is 0 Å². The van der Waals surface area contributed by atoms with E-state index < -0.39 is 5.91 Å². The first kappa shape index (κ1) is 24.0. The number of carbonyl (C=O) groups excluding carboxylic acids is 2. The number of primary amides is 1. The van der Waals surface area contributed by atoms with Gasteiger partial charge in [-0.05, 0) is 62.3 Å². The summed E-state index contributed by atoms with van der Waals surface area (Å²) < 4.78 is 0. The van der Waals surface area contributed by atoms with Crippen molar-refractivity contribution in [3.05, 3.63) is 76.7 Å². The van der Waals surface area contributed by atoms with Gasteiger partial charge in [-0.2, -0.15) is 0 Å². The van der Waals surface area contributed by atoms with Crippen LogP contribution in [0.1, 0.15) is 53.5 Å². The van der Waals surface area contributed by atoms with E-state index in [0.29, 0.717) is 41.1 Å². The van der Waals surface area contributed by atoms with Gasteiger partial charge in [-0.3, -0.25) is 9.59 Å². The number of carbonyl (C=O) groups is 2. The lowest BCUT2D eigenvalue weighted by atomic mass is 9.81. The maximum Gasteiger partial charge on any atom is 0.248 e. The second-order valence-corrected chi connectivity index (χ2v) is 9.29. The third-order valence-electron chi connectivity index (χ3n) is 6.62. The lowest BCUT2D eigenvalue weighted by Crippen LogP contribution is -2.37. The molecule has 1 aliphatic carbocycles. The van der Waals surface area contributed by atoms with Crippen molar-refractivity contribution in [3.63, 3.8) is 0 Å². The van der Waals surface area contributed by atoms with Crippen molar-refractivity contribution in [2.45, 2.75) is 38.1 Å². The number of H-pyrrole nitrogens is 1. The van der Waals surface area contributed by atoms with Gasteiger partial charge < -0.3 is 21.8 Å². The summed E-state index contributed by atoms with van der Waals surface area (Å²) in [5.41, 5.74) is 14.1. The van der Waals surface area contributed by atoms with Gasteiger partial charge in [0.25, 0.3) is 0 Å². The molecule has 7 nitrogen and oxygen atoms in total. The van der Waals surface area contributed by atoms with Gasteiger partial charge in [-0.1, -0.05) is 54.1 Å². The SMILES string of the molecule is NCC1CCC(C(=O)NC(Cc2ccccc2)c2nc(Cl)c(-c3ccc(C(N)=O)cc3)[nH]2)CC1. The fourth-order valence-electron chi connectivity index (χ4n) is 4.54. The Morgan fingerprint density at radius 3 is 2.35 bits per heavy atom. The van der Waals surface area contributed by atoms with E-state index >= 15 is 0 Å². The van der Waals surface area contributed by atoms with Crippen LogP contribution in [0.2, 0.25) is 5.15 Å². The molecule has 1 saturated carbocycles. The van der Waals surface area contributed by atoms with Crippen molar-refractivity contribution in [1.82, 2.24) is 15.3 Å². The molecule has 4 rings (SSSR count). The average molecular weight is 480 g/mol. The molecule has 1 aliphatic rings. The zero-order chi connectivity index (χ0) is 24.1. The zero-order valence-electron chi connectivity index (χ0n) is 19.0. The molecule has 2 aromatic carbocycles. The monoisotopic (exact) mass is 479 g/mol. The van der Waals surface area contributed by atoms with Gasteiger partial charge in [0.05, 0.1) is 11.7 Å². The van der Waals surface area contributed by atoms with Crippen molar-refractivity contribution in [3.8, 4) is 11.3 Å². The summed E-state index contributed by atoms with van der Waals surface area (Å²) in [5, 5.41) is 3.52. The number of nitrogens with zero attached hydrogens (tertiary/aromatic N) is 1. The number of benzene rings is 2. The molecule has 178 valence electrons. The van der Waals surface area contributed by atoms with Crippen molar-refractivity contribution in [1.29, 1.82) is 0 Å². The lowest BCUT2D eigenvalue weighted by molar-refractivity contribution is -0.127. The number of amides is 2. The number of nitrogens with one attached hydrogen (secondary N) is 2. The Morgan fingerprint density at radius 2 is 1.74 bits per heavy atom. The first-order valence-corrected chi connectivity index (χ1v) is 12.0. The van der Waals surface area contributed by atoms with E-state index in [9.17, 15) is 9.59 Å². The number of hydrogen-bond acceptors (Lipinski definition) is 4. The van der Waals surface area contributed by atoms with Gasteiger partial charge in [0.15, 0.2) is 5.15 Å². The number of nitrogens with two attached hydrogens (primary N) is 2. The summed E-state index contributed by atoms with van der Waals surface area (Å²) in [6, 6.07) is 16.4. The number of hydrogen-bond donors (Lipinski definition) is 4. The molecule has 2 amide bonds. The predicted octanol–water partition coefficient (Wildman–Crippen LogP) is 3.99. The van der Waals surface area contributed by atoms with Gasteiger partial charge in [0.2, 0.25) is 11.8 Å². The molecule has 1 heterocycles. The Labute approximate surface area is 204 Å². The van der Waals surface area contributed by atoms with Crippen LogP contribution in [0.4, 0.5) is 0 Å². The minimum absolute atomic E-state index is 0.0210. The number of aromatic amines is 1. The standard InChI is InChI=1S/C26H30ClN5O2/c27-23-22(18-10-12-19(13-11-18)24(29)33)31-25(32-23)21(14-16-4-2-1-3-5-16)30-26(34)20-8-6-17(15-28)7-9-20/h1-5,10-13,17,20-21H,6-9,14-15,28H2,(H2,29,33)(H,30,34)(H,31,32). The minimum Gasteiger partial charge on any atom is -0.366 e. The molecule has 0 saturated heterocycles. The predicted molar refractivity (Wildman–Crippen MR) is 133 cm³/mol. The lowest BCUT2D eigenvalue weighted by Gasteiger charge is -2.28. The van der Waals surface area contributed by atoms with E-state index in [-0.39, 0.29) is 17.9 Å². The molecule has 1 unspecified atom stereocenters. The fraction of sp³-hybridized carbons (Fsp3) is 0.346. The Kier molecular flexibility index (Phi) is 7.65. The minimum atomic E-state index is -0.492. The van der Waals surface area contributed by atoms with Crippen LogP contribution in [0.3, 0.4) is 0 Å². The molecule has 8 heteroatoms. The molecule has 0 bridgehead atoms. The Hall–Kier alpha value is -3.16. The highest BCUT2D eigenvalue weighted by Crippen LogP contribution is 2.31. The highest BCUT2D eigenvalue weighted by Gasteiger charge is 2.29. The Balaban J connectivity index is 1.57. The molecule has 6 N–H and O–H groups in total. The van der Waals surface area contributed by atoms with Crippen LogP contribution in [-0.4, -0.2) is 28.3 Å². The summed E-state index contributed by atoms with van der Waals surface area (Å²) in [4.78, 5) is 32.4. The number of aromatic nitrogens is 2. The second-order valence-electron chi connectivity index (χ2n) is 8.93. The summed E-state index contributed by atoms with van der Waals surface area (Å²) >= 11 is 6.49. The molecule has 3 aromatic rings. The van der Waals surface area contributed by atoms with Gasteiger partial charge in [0, 0.05) is 17.0 Å². The molecule has 34 heavy (non-hydrogen) atoms. The highest BCUT2D eigenvalue weighted by atomic mass is 35.5. The van der Waals surface area contributed by atoms with E-state index in [4.69, 9.17) is 23.1 Å². The first-order valence-electron chi connectivity index (χ1n) is 11.6. The summed E-state index contributed by atoms with van der Waals surface area (Å²) in [6.45, 7) is 0.680. The third kappa shape index (κ3) is 5.66. The van der Waals surface area contributed by atoms with Gasteiger partial charge in [-0.25, -0.2) is 4.98 Å². The van der Waals surface area contributed by atoms with Crippen LogP contribution in [0.25, 0.3) is 11.3 Å². The fourth-order valence-corrected chi connectivity index (χ4v) is 4.79. The Bertz CT molecular complexity index is 1120. The molecule has 0 radical (unpaired) electrons. The second kappa shape index (κ2) is 10.8. The molecule has 0 aliphatic heterocycles. The molecule has 1 fully saturated rings. The van der Waals surface area contributed by atoms with Crippen LogP contribution in [-0.2, 0) is 11.2 Å². The quantitative estimate of drug-likeness (QED) is 0.389. The van der Waals surface area contributed by atoms with E-state index in [1.807, 2.05) is 30.3 Å². The molecule has 0 spiro atoms. The normalized spacial score (nSPS) is 18.9.